The van der Waals surface area contributed by atoms with Crippen molar-refractivity contribution in [2.75, 3.05) is 6.61 Å². The van der Waals surface area contributed by atoms with Crippen LogP contribution in [0.1, 0.15) is 12.0 Å². The number of ether oxygens (including phenoxy) is 2. The number of rotatable bonds is 1. The van der Waals surface area contributed by atoms with Crippen molar-refractivity contribution in [3.63, 3.8) is 0 Å². The van der Waals surface area contributed by atoms with Crippen molar-refractivity contribution in [2.24, 2.45) is 0 Å². The van der Waals surface area contributed by atoms with Crippen molar-refractivity contribution < 1.29 is 22.6 Å². The molecular weight excluding hydrogens is 209 g/mol. The number of aryl methyl sites for hydroxylation is 1. The Bertz CT molecular complexity index is 360. The minimum absolute atomic E-state index is 0.233. The summed E-state index contributed by atoms with van der Waals surface area (Å²) in [6.07, 6.45) is -2.92. The maximum absolute atomic E-state index is 11.9. The van der Waals surface area contributed by atoms with Crippen LogP contribution in [-0.4, -0.2) is 13.0 Å². The van der Waals surface area contributed by atoms with Crippen LogP contribution >= 0.6 is 0 Å². The molecule has 15 heavy (non-hydrogen) atoms. The topological polar surface area (TPSA) is 18.5 Å². The molecule has 0 atom stereocenters. The monoisotopic (exact) mass is 218 g/mol. The van der Waals surface area contributed by atoms with Gasteiger partial charge in [-0.3, -0.25) is 0 Å². The fourth-order valence-corrected chi connectivity index (χ4v) is 1.52. The molecule has 0 N–H and O–H groups in total. The summed E-state index contributed by atoms with van der Waals surface area (Å²) in [5, 5.41) is 0. The summed E-state index contributed by atoms with van der Waals surface area (Å²) in [7, 11) is 0. The Balaban J connectivity index is 2.21. The van der Waals surface area contributed by atoms with Crippen LogP contribution in [0.15, 0.2) is 18.2 Å². The van der Waals surface area contributed by atoms with Gasteiger partial charge in [0.05, 0.1) is 6.61 Å². The molecule has 2 rings (SSSR count). The summed E-state index contributed by atoms with van der Waals surface area (Å²) in [5.41, 5.74) is 0.927. The molecule has 1 aliphatic heterocycles. The summed E-state index contributed by atoms with van der Waals surface area (Å²) >= 11 is 0. The molecule has 1 aliphatic rings. The standard InChI is InChI=1S/C10H9F3O2/c11-10(12,13)15-8-4-3-7-2-1-5-14-9(7)6-8/h3-4,6H,1-2,5H2. The van der Waals surface area contributed by atoms with Crippen LogP contribution in [0.4, 0.5) is 13.2 Å². The quantitative estimate of drug-likeness (QED) is 0.721. The summed E-state index contributed by atoms with van der Waals surface area (Å²) < 4.78 is 44.8. The lowest BCUT2D eigenvalue weighted by atomic mass is 10.1. The van der Waals surface area contributed by atoms with Gasteiger partial charge in [-0.25, -0.2) is 0 Å². The number of hydrogen-bond donors (Lipinski definition) is 0. The molecule has 82 valence electrons. The van der Waals surface area contributed by atoms with Crippen molar-refractivity contribution >= 4 is 0 Å². The van der Waals surface area contributed by atoms with E-state index in [0.717, 1.165) is 18.4 Å². The maximum atomic E-state index is 11.9. The van der Waals surface area contributed by atoms with Crippen LogP contribution < -0.4 is 9.47 Å². The first-order valence-electron chi connectivity index (χ1n) is 4.56. The van der Waals surface area contributed by atoms with E-state index in [1.807, 2.05) is 0 Å². The lowest BCUT2D eigenvalue weighted by molar-refractivity contribution is -0.274. The molecule has 0 unspecified atom stereocenters. The highest BCUT2D eigenvalue weighted by Crippen LogP contribution is 2.31. The van der Waals surface area contributed by atoms with E-state index in [-0.39, 0.29) is 5.75 Å². The van der Waals surface area contributed by atoms with Gasteiger partial charge in [0.25, 0.3) is 0 Å². The Hall–Kier alpha value is -1.39. The summed E-state index contributed by atoms with van der Waals surface area (Å²) in [6.45, 7) is 0.544. The average molecular weight is 218 g/mol. The largest absolute Gasteiger partial charge is 0.573 e. The first kappa shape index (κ1) is 10.1. The van der Waals surface area contributed by atoms with Crippen molar-refractivity contribution in [1.29, 1.82) is 0 Å². The molecule has 1 aromatic rings. The minimum Gasteiger partial charge on any atom is -0.493 e. The second-order valence-corrected chi connectivity index (χ2v) is 3.27. The zero-order valence-corrected chi connectivity index (χ0v) is 7.80. The van der Waals surface area contributed by atoms with E-state index in [0.29, 0.717) is 12.4 Å². The predicted octanol–water partition coefficient (Wildman–Crippen LogP) is 2.91. The molecule has 5 heteroatoms. The van der Waals surface area contributed by atoms with Gasteiger partial charge < -0.3 is 9.47 Å². The third-order valence-corrected chi connectivity index (χ3v) is 2.12. The molecule has 0 radical (unpaired) electrons. The molecule has 0 spiro atoms. The van der Waals surface area contributed by atoms with Crippen LogP contribution in [0.2, 0.25) is 0 Å². The SMILES string of the molecule is FC(F)(F)Oc1ccc2c(c1)OCCC2. The van der Waals surface area contributed by atoms with Crippen LogP contribution in [-0.2, 0) is 6.42 Å². The minimum atomic E-state index is -4.65. The third kappa shape index (κ3) is 2.55. The van der Waals surface area contributed by atoms with E-state index in [2.05, 4.69) is 4.74 Å². The molecule has 0 fully saturated rings. The molecule has 1 heterocycles. The Kier molecular flexibility index (Phi) is 2.46. The Morgan fingerprint density at radius 3 is 2.80 bits per heavy atom. The molecule has 0 aromatic heterocycles. The number of benzene rings is 1. The zero-order chi connectivity index (χ0) is 10.9. The zero-order valence-electron chi connectivity index (χ0n) is 7.80. The highest BCUT2D eigenvalue weighted by molar-refractivity contribution is 5.41. The van der Waals surface area contributed by atoms with Gasteiger partial charge in [-0.2, -0.15) is 0 Å². The molecule has 2 nitrogen and oxygen atoms in total. The third-order valence-electron chi connectivity index (χ3n) is 2.12. The fourth-order valence-electron chi connectivity index (χ4n) is 1.52. The normalized spacial score (nSPS) is 15.4. The van der Waals surface area contributed by atoms with E-state index in [1.165, 1.54) is 12.1 Å². The second-order valence-electron chi connectivity index (χ2n) is 3.27. The molecular formula is C10H9F3O2. The van der Waals surface area contributed by atoms with Gasteiger partial charge in [0.15, 0.2) is 0 Å². The van der Waals surface area contributed by atoms with Crippen molar-refractivity contribution in [1.82, 2.24) is 0 Å². The van der Waals surface area contributed by atoms with Crippen LogP contribution in [0.25, 0.3) is 0 Å². The van der Waals surface area contributed by atoms with Gasteiger partial charge in [0.2, 0.25) is 0 Å². The predicted molar refractivity (Wildman–Crippen MR) is 46.9 cm³/mol. The van der Waals surface area contributed by atoms with Gasteiger partial charge in [-0.15, -0.1) is 13.2 Å². The van der Waals surface area contributed by atoms with Crippen molar-refractivity contribution in [3.8, 4) is 11.5 Å². The van der Waals surface area contributed by atoms with Crippen molar-refractivity contribution in [3.05, 3.63) is 23.8 Å². The van der Waals surface area contributed by atoms with Crippen molar-refractivity contribution in [2.45, 2.75) is 19.2 Å². The lowest BCUT2D eigenvalue weighted by Gasteiger charge is -2.18. The molecule has 0 saturated heterocycles. The van der Waals surface area contributed by atoms with Gasteiger partial charge in [0.1, 0.15) is 11.5 Å². The van der Waals surface area contributed by atoms with Gasteiger partial charge >= 0.3 is 6.36 Å². The Morgan fingerprint density at radius 2 is 2.07 bits per heavy atom. The Morgan fingerprint density at radius 1 is 1.27 bits per heavy atom. The van der Waals surface area contributed by atoms with Crippen LogP contribution in [0.3, 0.4) is 0 Å². The molecule has 1 aromatic carbocycles. The van der Waals surface area contributed by atoms with Gasteiger partial charge in [-0.05, 0) is 24.5 Å². The molecule has 0 amide bonds. The lowest BCUT2D eigenvalue weighted by Crippen LogP contribution is -2.17. The number of halogens is 3. The highest BCUT2D eigenvalue weighted by Gasteiger charge is 2.31. The first-order valence-corrected chi connectivity index (χ1v) is 4.56. The summed E-state index contributed by atoms with van der Waals surface area (Å²) in [5.74, 6) is 0.256. The average Bonchev–Trinajstić information content (AvgIpc) is 2.15. The molecule has 0 aliphatic carbocycles. The number of alkyl halides is 3. The first-order chi connectivity index (χ1) is 7.04. The fraction of sp³-hybridized carbons (Fsp3) is 0.400. The Labute approximate surface area is 84.6 Å². The summed E-state index contributed by atoms with van der Waals surface area (Å²) in [4.78, 5) is 0. The van der Waals surface area contributed by atoms with E-state index in [4.69, 9.17) is 4.74 Å². The van der Waals surface area contributed by atoms with E-state index < -0.39 is 6.36 Å². The van der Waals surface area contributed by atoms with Crippen LogP contribution in [0, 0.1) is 0 Å². The number of hydrogen-bond acceptors (Lipinski definition) is 2. The van der Waals surface area contributed by atoms with Crippen LogP contribution in [0.5, 0.6) is 11.5 Å². The van der Waals surface area contributed by atoms with Gasteiger partial charge in [0, 0.05) is 6.07 Å². The van der Waals surface area contributed by atoms with E-state index >= 15 is 0 Å². The smallest absolute Gasteiger partial charge is 0.493 e. The number of fused-ring (bicyclic) bond motifs is 1. The van der Waals surface area contributed by atoms with Gasteiger partial charge in [-0.1, -0.05) is 6.07 Å². The molecule has 0 saturated carbocycles. The molecule has 0 bridgehead atoms. The maximum Gasteiger partial charge on any atom is 0.573 e. The summed E-state index contributed by atoms with van der Waals surface area (Å²) in [6, 6.07) is 4.19. The van der Waals surface area contributed by atoms with E-state index in [1.54, 1.807) is 6.07 Å². The second kappa shape index (κ2) is 3.64. The van der Waals surface area contributed by atoms with E-state index in [9.17, 15) is 13.2 Å². The highest BCUT2D eigenvalue weighted by atomic mass is 19.4.